The summed E-state index contributed by atoms with van der Waals surface area (Å²) in [6.07, 6.45) is 3.87. The number of piperazine rings is 1. The van der Waals surface area contributed by atoms with Gasteiger partial charge in [0.05, 0.1) is 6.10 Å². The molecule has 140 valence electrons. The molecule has 0 saturated carbocycles. The van der Waals surface area contributed by atoms with Gasteiger partial charge in [0.2, 0.25) is 0 Å². The van der Waals surface area contributed by atoms with Crippen LogP contribution in [-0.4, -0.2) is 49.7 Å². The molecular formula is C18H26Cl3N3O. The van der Waals surface area contributed by atoms with Crippen molar-refractivity contribution in [3.63, 3.8) is 0 Å². The summed E-state index contributed by atoms with van der Waals surface area (Å²) in [4.78, 5) is 8.99. The third kappa shape index (κ3) is 6.65. The number of aromatic nitrogens is 1. The molecule has 1 aromatic carbocycles. The Labute approximate surface area is 168 Å². The van der Waals surface area contributed by atoms with Crippen LogP contribution >= 0.6 is 37.2 Å². The van der Waals surface area contributed by atoms with E-state index in [0.717, 1.165) is 32.7 Å². The van der Waals surface area contributed by atoms with Crippen molar-refractivity contribution in [2.75, 3.05) is 44.7 Å². The number of methoxy groups -OCH3 is 1. The van der Waals surface area contributed by atoms with Crippen molar-refractivity contribution in [1.82, 2.24) is 9.88 Å². The molecule has 2 heterocycles. The maximum atomic E-state index is 5.69. The third-order valence-corrected chi connectivity index (χ3v) is 4.28. The first-order chi connectivity index (χ1) is 10.9. The Hall–Kier alpha value is -1.04. The van der Waals surface area contributed by atoms with Gasteiger partial charge in [0.15, 0.2) is 0 Å². The van der Waals surface area contributed by atoms with Crippen LogP contribution in [0.2, 0.25) is 0 Å². The van der Waals surface area contributed by atoms with Gasteiger partial charge in [-0.15, -0.1) is 37.2 Å². The van der Waals surface area contributed by atoms with E-state index < -0.39 is 0 Å². The predicted octanol–water partition coefficient (Wildman–Crippen LogP) is 3.86. The van der Waals surface area contributed by atoms with Crippen molar-refractivity contribution in [3.05, 3.63) is 60.4 Å². The number of anilines is 1. The van der Waals surface area contributed by atoms with Crippen LogP contribution in [0.25, 0.3) is 0 Å². The Kier molecular flexibility index (Phi) is 11.8. The minimum atomic E-state index is 0. The van der Waals surface area contributed by atoms with E-state index in [4.69, 9.17) is 4.74 Å². The lowest BCUT2D eigenvalue weighted by Crippen LogP contribution is -2.47. The molecule has 1 aliphatic rings. The molecule has 7 heteroatoms. The smallest absolute Gasteiger partial charge is 0.0947 e. The van der Waals surface area contributed by atoms with Crippen molar-refractivity contribution >= 4 is 42.9 Å². The van der Waals surface area contributed by atoms with Crippen LogP contribution in [-0.2, 0) is 4.74 Å². The molecule has 1 fully saturated rings. The van der Waals surface area contributed by atoms with Gasteiger partial charge in [0.1, 0.15) is 0 Å². The number of benzene rings is 1. The molecule has 1 saturated heterocycles. The lowest BCUT2D eigenvalue weighted by Gasteiger charge is -2.37. The molecular weight excluding hydrogens is 381 g/mol. The summed E-state index contributed by atoms with van der Waals surface area (Å²) in [5.41, 5.74) is 2.52. The van der Waals surface area contributed by atoms with Crippen LogP contribution < -0.4 is 4.90 Å². The van der Waals surface area contributed by atoms with E-state index in [-0.39, 0.29) is 43.3 Å². The highest BCUT2D eigenvalue weighted by Gasteiger charge is 2.21. The van der Waals surface area contributed by atoms with Crippen LogP contribution in [0.1, 0.15) is 11.7 Å². The van der Waals surface area contributed by atoms with Gasteiger partial charge < -0.3 is 9.64 Å². The van der Waals surface area contributed by atoms with Crippen molar-refractivity contribution in [2.45, 2.75) is 6.10 Å². The van der Waals surface area contributed by atoms with Crippen molar-refractivity contribution in [2.24, 2.45) is 0 Å². The third-order valence-electron chi connectivity index (χ3n) is 4.28. The van der Waals surface area contributed by atoms with Crippen molar-refractivity contribution < 1.29 is 4.74 Å². The molecule has 4 nitrogen and oxygen atoms in total. The van der Waals surface area contributed by atoms with Crippen molar-refractivity contribution in [3.8, 4) is 0 Å². The summed E-state index contributed by atoms with van der Waals surface area (Å²) in [5.74, 6) is 0. The zero-order valence-electron chi connectivity index (χ0n) is 14.3. The molecule has 1 aliphatic heterocycles. The summed E-state index contributed by atoms with van der Waals surface area (Å²) in [7, 11) is 1.80. The highest BCUT2D eigenvalue weighted by atomic mass is 35.5. The number of hydrogen-bond donors (Lipinski definition) is 0. The Balaban J connectivity index is 0.00000192. The summed E-state index contributed by atoms with van der Waals surface area (Å²) < 4.78 is 5.69. The van der Waals surface area contributed by atoms with Crippen LogP contribution in [0.3, 0.4) is 0 Å². The molecule has 0 aliphatic carbocycles. The Morgan fingerprint density at radius 1 is 0.920 bits per heavy atom. The second-order valence-corrected chi connectivity index (χ2v) is 5.63. The highest BCUT2D eigenvalue weighted by Crippen LogP contribution is 2.20. The summed E-state index contributed by atoms with van der Waals surface area (Å²) in [6, 6.07) is 14.6. The fraction of sp³-hybridized carbons (Fsp3) is 0.389. The molecule has 0 spiro atoms. The van der Waals surface area contributed by atoms with Gasteiger partial charge in [0, 0.05) is 57.9 Å². The van der Waals surface area contributed by atoms with Crippen LogP contribution in [0, 0.1) is 0 Å². The Morgan fingerprint density at radius 2 is 1.52 bits per heavy atom. The highest BCUT2D eigenvalue weighted by molar-refractivity contribution is 5.86. The second-order valence-electron chi connectivity index (χ2n) is 5.63. The first-order valence-corrected chi connectivity index (χ1v) is 7.82. The molecule has 0 bridgehead atoms. The topological polar surface area (TPSA) is 28.6 Å². The Bertz CT molecular complexity index is 566. The SMILES string of the molecule is COC(CN1CCN(c2ccncc2)CC1)c1ccccc1.Cl.Cl.Cl. The van der Waals surface area contributed by atoms with Gasteiger partial charge in [-0.1, -0.05) is 30.3 Å². The first kappa shape index (κ1) is 24.0. The van der Waals surface area contributed by atoms with Crippen LogP contribution in [0.15, 0.2) is 54.9 Å². The fourth-order valence-electron chi connectivity index (χ4n) is 2.96. The zero-order chi connectivity index (χ0) is 15.2. The lowest BCUT2D eigenvalue weighted by atomic mass is 10.1. The summed E-state index contributed by atoms with van der Waals surface area (Å²) in [5, 5.41) is 0. The number of nitrogens with zero attached hydrogens (tertiary/aromatic N) is 3. The molecule has 0 N–H and O–H groups in total. The van der Waals surface area contributed by atoms with Crippen LogP contribution in [0.5, 0.6) is 0 Å². The fourth-order valence-corrected chi connectivity index (χ4v) is 2.96. The van der Waals surface area contributed by atoms with E-state index in [2.05, 4.69) is 51.2 Å². The maximum Gasteiger partial charge on any atom is 0.0947 e. The molecule has 1 unspecified atom stereocenters. The molecule has 1 aromatic heterocycles. The average molecular weight is 407 g/mol. The summed E-state index contributed by atoms with van der Waals surface area (Å²) >= 11 is 0. The van der Waals surface area contributed by atoms with E-state index in [1.165, 1.54) is 11.3 Å². The number of ether oxygens (including phenoxy) is 1. The van der Waals surface area contributed by atoms with Crippen LogP contribution in [0.4, 0.5) is 5.69 Å². The van der Waals surface area contributed by atoms with Gasteiger partial charge >= 0.3 is 0 Å². The van der Waals surface area contributed by atoms with E-state index in [0.29, 0.717) is 0 Å². The zero-order valence-corrected chi connectivity index (χ0v) is 16.7. The largest absolute Gasteiger partial charge is 0.375 e. The van der Waals surface area contributed by atoms with E-state index in [1.807, 2.05) is 18.5 Å². The minimum absolute atomic E-state index is 0. The molecule has 25 heavy (non-hydrogen) atoms. The molecule has 0 radical (unpaired) electrons. The van der Waals surface area contributed by atoms with Gasteiger partial charge in [-0.25, -0.2) is 0 Å². The summed E-state index contributed by atoms with van der Waals surface area (Å²) in [6.45, 7) is 5.18. The van der Waals surface area contributed by atoms with E-state index >= 15 is 0 Å². The predicted molar refractivity (Wildman–Crippen MR) is 111 cm³/mol. The molecule has 2 aromatic rings. The maximum absolute atomic E-state index is 5.69. The molecule has 0 amide bonds. The first-order valence-electron chi connectivity index (χ1n) is 7.82. The number of halogens is 3. The molecule has 3 rings (SSSR count). The van der Waals surface area contributed by atoms with Gasteiger partial charge in [0.25, 0.3) is 0 Å². The number of pyridine rings is 1. The second kappa shape index (κ2) is 12.3. The lowest BCUT2D eigenvalue weighted by molar-refractivity contribution is 0.0615. The molecule has 1 atom stereocenters. The quantitative estimate of drug-likeness (QED) is 0.754. The standard InChI is InChI=1S/C18H23N3O.3ClH/c1-22-18(16-5-3-2-4-6-16)15-20-11-13-21(14-12-20)17-7-9-19-10-8-17;;;/h2-10,18H,11-15H2,1H3;3*1H. The van der Waals surface area contributed by atoms with Gasteiger partial charge in [-0.3, -0.25) is 9.88 Å². The van der Waals surface area contributed by atoms with E-state index in [9.17, 15) is 0 Å². The van der Waals surface area contributed by atoms with Gasteiger partial charge in [-0.05, 0) is 17.7 Å². The van der Waals surface area contributed by atoms with Crippen molar-refractivity contribution in [1.29, 1.82) is 0 Å². The van der Waals surface area contributed by atoms with Gasteiger partial charge in [-0.2, -0.15) is 0 Å². The minimum Gasteiger partial charge on any atom is -0.375 e. The normalized spacial score (nSPS) is 15.3. The number of hydrogen-bond acceptors (Lipinski definition) is 4. The monoisotopic (exact) mass is 405 g/mol. The average Bonchev–Trinajstić information content (AvgIpc) is 2.62. The van der Waals surface area contributed by atoms with E-state index in [1.54, 1.807) is 7.11 Å². The Morgan fingerprint density at radius 3 is 2.08 bits per heavy atom. The number of rotatable bonds is 5.